The van der Waals surface area contributed by atoms with E-state index in [1.165, 1.54) is 4.70 Å². The second kappa shape index (κ2) is 3.32. The van der Waals surface area contributed by atoms with Crippen molar-refractivity contribution >= 4 is 37.9 Å². The van der Waals surface area contributed by atoms with Gasteiger partial charge in [-0.3, -0.25) is 0 Å². The van der Waals surface area contributed by atoms with E-state index in [0.717, 1.165) is 21.1 Å². The summed E-state index contributed by atoms with van der Waals surface area (Å²) in [5.74, 6) is 0. The molecule has 0 aliphatic carbocycles. The molecule has 74 valence electrons. The molecule has 0 saturated heterocycles. The minimum absolute atomic E-state index is 0.842. The lowest BCUT2D eigenvalue weighted by atomic mass is 10.3. The van der Waals surface area contributed by atoms with E-state index < -0.39 is 0 Å². The zero-order valence-corrected chi connectivity index (χ0v) is 9.44. The van der Waals surface area contributed by atoms with Crippen molar-refractivity contribution in [3.8, 4) is 10.6 Å². The molecule has 0 fully saturated rings. The molecule has 3 aromatic rings. The number of nitrogen functional groups attached to an aromatic ring is 1. The smallest absolute Gasteiger partial charge is 0.127 e. The van der Waals surface area contributed by atoms with Crippen molar-refractivity contribution < 1.29 is 0 Å². The van der Waals surface area contributed by atoms with E-state index >= 15 is 0 Å². The van der Waals surface area contributed by atoms with Crippen LogP contribution in [0.5, 0.6) is 0 Å². The van der Waals surface area contributed by atoms with Gasteiger partial charge in [-0.2, -0.15) is 0 Å². The largest absolute Gasteiger partial charge is 0.390 e. The van der Waals surface area contributed by atoms with Gasteiger partial charge in [-0.1, -0.05) is 12.1 Å². The molecule has 2 N–H and O–H groups in total. The molecule has 0 aliphatic heterocycles. The van der Waals surface area contributed by atoms with Gasteiger partial charge in [-0.25, -0.2) is 4.98 Å². The molecule has 2 aromatic heterocycles. The highest BCUT2D eigenvalue weighted by molar-refractivity contribution is 7.22. The van der Waals surface area contributed by atoms with Crippen LogP contribution in [0.2, 0.25) is 0 Å². The third-order valence-electron chi connectivity index (χ3n) is 2.22. The number of hydrogen-bond donors (Lipinski definition) is 1. The van der Waals surface area contributed by atoms with Gasteiger partial charge in [-0.05, 0) is 23.6 Å². The molecule has 2 heterocycles. The van der Waals surface area contributed by atoms with Crippen molar-refractivity contribution in [3.63, 3.8) is 0 Å². The van der Waals surface area contributed by atoms with Crippen LogP contribution in [0.15, 0.2) is 35.7 Å². The summed E-state index contributed by atoms with van der Waals surface area (Å²) in [6.07, 6.45) is 0. The van der Waals surface area contributed by atoms with E-state index in [1.54, 1.807) is 22.7 Å². The van der Waals surface area contributed by atoms with Crippen LogP contribution in [0, 0.1) is 0 Å². The summed E-state index contributed by atoms with van der Waals surface area (Å²) in [4.78, 5) is 4.56. The number of thiophene rings is 1. The molecule has 0 bridgehead atoms. The highest BCUT2D eigenvalue weighted by atomic mass is 32.1. The van der Waals surface area contributed by atoms with Crippen LogP contribution < -0.4 is 5.73 Å². The van der Waals surface area contributed by atoms with Crippen LogP contribution in [-0.4, -0.2) is 4.98 Å². The molecule has 0 atom stereocenters. The summed E-state index contributed by atoms with van der Waals surface area (Å²) < 4.78 is 1.21. The molecule has 0 unspecified atom stereocenters. The summed E-state index contributed by atoms with van der Waals surface area (Å²) in [5, 5.41) is 3.85. The second-order valence-corrected chi connectivity index (χ2v) is 5.16. The number of fused-ring (bicyclic) bond motifs is 1. The quantitative estimate of drug-likeness (QED) is 0.696. The number of nitrogens with zero attached hydrogens (tertiary/aromatic N) is 1. The number of anilines is 1. The summed E-state index contributed by atoms with van der Waals surface area (Å²) in [6, 6.07) is 10.2. The minimum atomic E-state index is 0.842. The molecule has 1 aromatic carbocycles. The van der Waals surface area contributed by atoms with Gasteiger partial charge in [-0.15, -0.1) is 22.7 Å². The van der Waals surface area contributed by atoms with Gasteiger partial charge in [0.05, 0.1) is 15.2 Å². The zero-order chi connectivity index (χ0) is 10.3. The Labute approximate surface area is 95.0 Å². The first-order valence-electron chi connectivity index (χ1n) is 4.53. The maximum Gasteiger partial charge on any atom is 0.127 e. The van der Waals surface area contributed by atoms with Gasteiger partial charge >= 0.3 is 0 Å². The Morgan fingerprint density at radius 3 is 2.73 bits per heavy atom. The molecule has 0 amide bonds. The molecule has 2 nitrogen and oxygen atoms in total. The van der Waals surface area contributed by atoms with Gasteiger partial charge in [0.2, 0.25) is 0 Å². The summed E-state index contributed by atoms with van der Waals surface area (Å²) in [5.41, 5.74) is 7.98. The Kier molecular flexibility index (Phi) is 1.97. The summed E-state index contributed by atoms with van der Waals surface area (Å²) in [6.45, 7) is 0. The fourth-order valence-corrected chi connectivity index (χ4v) is 3.20. The zero-order valence-electron chi connectivity index (χ0n) is 7.81. The molecular weight excluding hydrogens is 224 g/mol. The number of thiazole rings is 1. The molecule has 4 heteroatoms. The van der Waals surface area contributed by atoms with Crippen molar-refractivity contribution in [1.29, 1.82) is 0 Å². The molecular formula is C11H8N2S2. The molecule has 0 aliphatic rings. The van der Waals surface area contributed by atoms with Crippen molar-refractivity contribution in [3.05, 3.63) is 35.7 Å². The maximum absolute atomic E-state index is 5.88. The highest BCUT2D eigenvalue weighted by Crippen LogP contribution is 2.35. The average molecular weight is 232 g/mol. The van der Waals surface area contributed by atoms with Crippen molar-refractivity contribution in [2.75, 3.05) is 5.73 Å². The Morgan fingerprint density at radius 2 is 2.00 bits per heavy atom. The molecule has 0 saturated carbocycles. The standard InChI is InChI=1S/C11H8N2S2/c12-10-7(5-6-14-10)11-13-8-3-1-2-4-9(8)15-11/h1-6H,12H2. The summed E-state index contributed by atoms with van der Waals surface area (Å²) in [7, 11) is 0. The fourth-order valence-electron chi connectivity index (χ4n) is 1.49. The number of rotatable bonds is 1. The summed E-state index contributed by atoms with van der Waals surface area (Å²) >= 11 is 3.24. The third kappa shape index (κ3) is 1.42. The predicted octanol–water partition coefficient (Wildman–Crippen LogP) is 3.61. The van der Waals surface area contributed by atoms with Crippen molar-refractivity contribution in [2.24, 2.45) is 0 Å². The highest BCUT2D eigenvalue weighted by Gasteiger charge is 2.09. The van der Waals surface area contributed by atoms with Crippen LogP contribution in [0.25, 0.3) is 20.8 Å². The van der Waals surface area contributed by atoms with E-state index in [-0.39, 0.29) is 0 Å². The van der Waals surface area contributed by atoms with Gasteiger partial charge < -0.3 is 5.73 Å². The van der Waals surface area contributed by atoms with Crippen LogP contribution in [-0.2, 0) is 0 Å². The topological polar surface area (TPSA) is 38.9 Å². The number of nitrogens with two attached hydrogens (primary N) is 1. The van der Waals surface area contributed by atoms with E-state index in [2.05, 4.69) is 11.1 Å². The number of para-hydroxylation sites is 1. The first-order valence-corrected chi connectivity index (χ1v) is 6.23. The second-order valence-electron chi connectivity index (χ2n) is 3.19. The monoisotopic (exact) mass is 232 g/mol. The van der Waals surface area contributed by atoms with E-state index in [1.807, 2.05) is 29.6 Å². The van der Waals surface area contributed by atoms with Crippen LogP contribution >= 0.6 is 22.7 Å². The van der Waals surface area contributed by atoms with Crippen molar-refractivity contribution in [1.82, 2.24) is 4.98 Å². The van der Waals surface area contributed by atoms with Gasteiger partial charge in [0, 0.05) is 5.56 Å². The first-order chi connectivity index (χ1) is 7.34. The van der Waals surface area contributed by atoms with Gasteiger partial charge in [0.1, 0.15) is 5.01 Å². The molecule has 0 radical (unpaired) electrons. The molecule has 3 rings (SSSR count). The van der Waals surface area contributed by atoms with Crippen LogP contribution in [0.1, 0.15) is 0 Å². The number of benzene rings is 1. The predicted molar refractivity (Wildman–Crippen MR) is 67.3 cm³/mol. The van der Waals surface area contributed by atoms with E-state index in [9.17, 15) is 0 Å². The third-order valence-corrected chi connectivity index (χ3v) is 4.04. The normalized spacial score (nSPS) is 10.9. The first kappa shape index (κ1) is 8.88. The SMILES string of the molecule is Nc1sccc1-c1nc2ccccc2s1. The van der Waals surface area contributed by atoms with Gasteiger partial charge in [0.25, 0.3) is 0 Å². The lowest BCUT2D eigenvalue weighted by Crippen LogP contribution is -1.81. The maximum atomic E-state index is 5.88. The fraction of sp³-hybridized carbons (Fsp3) is 0. The Balaban J connectivity index is 2.24. The minimum Gasteiger partial charge on any atom is -0.390 e. The molecule has 15 heavy (non-hydrogen) atoms. The average Bonchev–Trinajstić information content (AvgIpc) is 2.82. The van der Waals surface area contributed by atoms with Crippen LogP contribution in [0.3, 0.4) is 0 Å². The molecule has 0 spiro atoms. The van der Waals surface area contributed by atoms with Gasteiger partial charge in [0.15, 0.2) is 0 Å². The van der Waals surface area contributed by atoms with Crippen LogP contribution in [0.4, 0.5) is 5.00 Å². The van der Waals surface area contributed by atoms with E-state index in [0.29, 0.717) is 0 Å². The lowest BCUT2D eigenvalue weighted by molar-refractivity contribution is 1.49. The Hall–Kier alpha value is -1.39. The Morgan fingerprint density at radius 1 is 1.13 bits per heavy atom. The number of aromatic nitrogens is 1. The lowest BCUT2D eigenvalue weighted by Gasteiger charge is -1.90. The van der Waals surface area contributed by atoms with E-state index in [4.69, 9.17) is 5.73 Å². The number of hydrogen-bond acceptors (Lipinski definition) is 4. The Bertz CT molecular complexity index is 577. The van der Waals surface area contributed by atoms with Crippen molar-refractivity contribution in [2.45, 2.75) is 0 Å².